The fourth-order valence-electron chi connectivity index (χ4n) is 3.25. The number of nitrogens with zero attached hydrogens (tertiary/aromatic N) is 2. The number of benzene rings is 2. The van der Waals surface area contributed by atoms with Gasteiger partial charge in [-0.05, 0) is 91.8 Å². The van der Waals surface area contributed by atoms with Gasteiger partial charge in [-0.2, -0.15) is 0 Å². The van der Waals surface area contributed by atoms with Gasteiger partial charge in [0.2, 0.25) is 0 Å². The highest BCUT2D eigenvalue weighted by atomic mass is 35.5. The maximum Gasteiger partial charge on any atom is 0.270 e. The van der Waals surface area contributed by atoms with Crippen LogP contribution < -0.4 is 10.2 Å². The number of aryl methyl sites for hydroxylation is 2. The Labute approximate surface area is 184 Å². The molecule has 2 amide bonds. The number of aromatic nitrogens is 1. The summed E-state index contributed by atoms with van der Waals surface area (Å²) in [4.78, 5) is 27.2. The maximum atomic E-state index is 13.2. The predicted octanol–water partition coefficient (Wildman–Crippen LogP) is 4.58. The topological polar surface area (TPSA) is 54.3 Å². The summed E-state index contributed by atoms with van der Waals surface area (Å²) >= 11 is 11.3. The molecule has 0 spiro atoms. The highest BCUT2D eigenvalue weighted by molar-refractivity contribution is 7.80. The highest BCUT2D eigenvalue weighted by Crippen LogP contribution is 2.25. The Kier molecular flexibility index (Phi) is 5.28. The molecule has 0 saturated carbocycles. The van der Waals surface area contributed by atoms with E-state index in [0.717, 1.165) is 16.8 Å². The van der Waals surface area contributed by atoms with Crippen molar-refractivity contribution < 1.29 is 9.59 Å². The van der Waals surface area contributed by atoms with E-state index in [4.69, 9.17) is 23.8 Å². The van der Waals surface area contributed by atoms with Crippen LogP contribution in [-0.2, 0) is 9.59 Å². The third kappa shape index (κ3) is 3.67. The molecule has 5 nitrogen and oxygen atoms in total. The van der Waals surface area contributed by atoms with Gasteiger partial charge in [0.15, 0.2) is 5.11 Å². The molecule has 1 N–H and O–H groups in total. The maximum absolute atomic E-state index is 13.2. The van der Waals surface area contributed by atoms with Crippen molar-refractivity contribution in [2.24, 2.45) is 0 Å². The molecule has 0 aliphatic carbocycles. The Balaban J connectivity index is 1.74. The van der Waals surface area contributed by atoms with Gasteiger partial charge < -0.3 is 4.57 Å². The lowest BCUT2D eigenvalue weighted by molar-refractivity contribution is -0.122. The van der Waals surface area contributed by atoms with Crippen molar-refractivity contribution in [1.29, 1.82) is 0 Å². The number of nitrogens with one attached hydrogen (secondary N) is 1. The van der Waals surface area contributed by atoms with Gasteiger partial charge in [-0.25, -0.2) is 0 Å². The molecule has 1 saturated heterocycles. The Bertz CT molecular complexity index is 1210. The lowest BCUT2D eigenvalue weighted by atomic mass is 10.1. The normalized spacial score (nSPS) is 15.6. The van der Waals surface area contributed by atoms with E-state index >= 15 is 0 Å². The number of carbonyl (C=O) groups is 2. The van der Waals surface area contributed by atoms with E-state index in [1.54, 1.807) is 18.2 Å². The zero-order valence-corrected chi connectivity index (χ0v) is 17.9. The minimum Gasteiger partial charge on any atom is -0.317 e. The molecular weight excluding hydrogens is 418 g/mol. The standard InChI is InChI=1S/C23H18ClN3O2S/c1-14-5-8-19(12-15(14)2)27-22(29)20(21(28)25-23(27)30)13-18-4-3-11-26(18)17-9-6-16(24)7-10-17/h3-13H,1-2H3,(H,25,28,30)/b20-13+. The first-order valence-corrected chi connectivity index (χ1v) is 10.1. The average Bonchev–Trinajstić information content (AvgIpc) is 3.16. The number of carbonyl (C=O) groups excluding carboxylic acids is 2. The number of anilines is 1. The molecule has 0 radical (unpaired) electrons. The summed E-state index contributed by atoms with van der Waals surface area (Å²) < 4.78 is 1.87. The fraction of sp³-hybridized carbons (Fsp3) is 0.0870. The van der Waals surface area contributed by atoms with Gasteiger partial charge >= 0.3 is 0 Å². The molecule has 2 aromatic carbocycles. The van der Waals surface area contributed by atoms with E-state index in [2.05, 4.69) is 5.32 Å². The van der Waals surface area contributed by atoms with Crippen molar-refractivity contribution in [3.63, 3.8) is 0 Å². The quantitative estimate of drug-likeness (QED) is 0.372. The third-order valence-corrected chi connectivity index (χ3v) is 5.56. The van der Waals surface area contributed by atoms with Crippen LogP contribution in [0.25, 0.3) is 11.8 Å². The van der Waals surface area contributed by atoms with Gasteiger partial charge in [0.1, 0.15) is 5.57 Å². The largest absolute Gasteiger partial charge is 0.317 e. The number of amides is 2. The molecule has 0 bridgehead atoms. The fourth-order valence-corrected chi connectivity index (χ4v) is 3.66. The van der Waals surface area contributed by atoms with Crippen molar-refractivity contribution in [3.05, 3.63) is 88.2 Å². The predicted molar refractivity (Wildman–Crippen MR) is 123 cm³/mol. The molecule has 2 heterocycles. The smallest absolute Gasteiger partial charge is 0.270 e. The average molecular weight is 436 g/mol. The van der Waals surface area contributed by atoms with Gasteiger partial charge in [-0.15, -0.1) is 0 Å². The number of hydrogen-bond donors (Lipinski definition) is 1. The van der Waals surface area contributed by atoms with Crippen LogP contribution in [0.3, 0.4) is 0 Å². The van der Waals surface area contributed by atoms with Gasteiger partial charge in [-0.3, -0.25) is 19.8 Å². The van der Waals surface area contributed by atoms with Crippen LogP contribution in [0.5, 0.6) is 0 Å². The molecule has 1 aliphatic rings. The minimum absolute atomic E-state index is 0.00995. The van der Waals surface area contributed by atoms with Crippen molar-refractivity contribution in [2.75, 3.05) is 4.90 Å². The van der Waals surface area contributed by atoms with E-state index in [9.17, 15) is 9.59 Å². The van der Waals surface area contributed by atoms with Crippen LogP contribution in [0.2, 0.25) is 5.02 Å². The zero-order valence-electron chi connectivity index (χ0n) is 16.3. The summed E-state index contributed by atoms with van der Waals surface area (Å²) in [5.41, 5.74) is 4.31. The monoisotopic (exact) mass is 435 g/mol. The molecular formula is C23H18ClN3O2S. The Morgan fingerprint density at radius 2 is 1.67 bits per heavy atom. The van der Waals surface area contributed by atoms with Crippen LogP contribution in [0.4, 0.5) is 5.69 Å². The van der Waals surface area contributed by atoms with Crippen molar-refractivity contribution in [2.45, 2.75) is 13.8 Å². The van der Waals surface area contributed by atoms with E-state index in [0.29, 0.717) is 16.4 Å². The Morgan fingerprint density at radius 3 is 2.37 bits per heavy atom. The molecule has 30 heavy (non-hydrogen) atoms. The second kappa shape index (κ2) is 7.89. The van der Waals surface area contributed by atoms with Gasteiger partial charge in [0, 0.05) is 22.6 Å². The number of rotatable bonds is 3. The van der Waals surface area contributed by atoms with Crippen molar-refractivity contribution >= 4 is 52.5 Å². The third-order valence-electron chi connectivity index (χ3n) is 5.03. The Hall–Kier alpha value is -3.22. The van der Waals surface area contributed by atoms with E-state index in [1.807, 2.05) is 67.1 Å². The molecule has 3 aromatic rings. The first-order valence-electron chi connectivity index (χ1n) is 9.27. The summed E-state index contributed by atoms with van der Waals surface area (Å²) in [7, 11) is 0. The molecule has 0 atom stereocenters. The number of halogens is 1. The van der Waals surface area contributed by atoms with Crippen molar-refractivity contribution in [1.82, 2.24) is 9.88 Å². The summed E-state index contributed by atoms with van der Waals surface area (Å²) in [6.45, 7) is 3.96. The lowest BCUT2D eigenvalue weighted by Gasteiger charge is -2.29. The molecule has 4 rings (SSSR count). The van der Waals surface area contributed by atoms with Crippen LogP contribution in [0.15, 0.2) is 66.4 Å². The van der Waals surface area contributed by atoms with E-state index in [1.165, 1.54) is 4.90 Å². The Morgan fingerprint density at radius 1 is 0.967 bits per heavy atom. The molecule has 1 aliphatic heterocycles. The molecule has 1 fully saturated rings. The SMILES string of the molecule is Cc1ccc(N2C(=O)/C(=C/c3cccn3-c3ccc(Cl)cc3)C(=O)NC2=S)cc1C. The second-order valence-corrected chi connectivity index (χ2v) is 7.83. The van der Waals surface area contributed by atoms with Crippen LogP contribution >= 0.6 is 23.8 Å². The van der Waals surface area contributed by atoms with Gasteiger partial charge in [-0.1, -0.05) is 17.7 Å². The van der Waals surface area contributed by atoms with Gasteiger partial charge in [0.05, 0.1) is 5.69 Å². The molecule has 0 unspecified atom stereocenters. The summed E-state index contributed by atoms with van der Waals surface area (Å²) in [6, 6.07) is 16.6. The van der Waals surface area contributed by atoms with Crippen LogP contribution in [0.1, 0.15) is 16.8 Å². The first kappa shape index (κ1) is 20.1. The van der Waals surface area contributed by atoms with Crippen molar-refractivity contribution in [3.8, 4) is 5.69 Å². The second-order valence-electron chi connectivity index (χ2n) is 7.01. The summed E-state index contributed by atoms with van der Waals surface area (Å²) in [5.74, 6) is -0.982. The van der Waals surface area contributed by atoms with Crippen LogP contribution in [-0.4, -0.2) is 21.5 Å². The van der Waals surface area contributed by atoms with E-state index in [-0.39, 0.29) is 10.7 Å². The van der Waals surface area contributed by atoms with Crippen LogP contribution in [0, 0.1) is 13.8 Å². The summed E-state index contributed by atoms with van der Waals surface area (Å²) in [6.07, 6.45) is 3.43. The number of thiocarbonyl (C=S) groups is 1. The summed E-state index contributed by atoms with van der Waals surface area (Å²) in [5, 5.41) is 3.32. The minimum atomic E-state index is -0.520. The zero-order chi connectivity index (χ0) is 21.4. The number of hydrogen-bond acceptors (Lipinski definition) is 3. The molecule has 1 aromatic heterocycles. The van der Waals surface area contributed by atoms with E-state index < -0.39 is 11.8 Å². The van der Waals surface area contributed by atoms with Gasteiger partial charge in [0.25, 0.3) is 11.8 Å². The lowest BCUT2D eigenvalue weighted by Crippen LogP contribution is -2.54. The molecule has 150 valence electrons. The first-order chi connectivity index (χ1) is 14.3. The highest BCUT2D eigenvalue weighted by Gasteiger charge is 2.34. The molecule has 7 heteroatoms.